The molecule has 0 spiro atoms. The lowest BCUT2D eigenvalue weighted by Crippen LogP contribution is -2.36. The van der Waals surface area contributed by atoms with Gasteiger partial charge in [-0.15, -0.1) is 0 Å². The van der Waals surface area contributed by atoms with Crippen molar-refractivity contribution in [3.8, 4) is 23.0 Å². The summed E-state index contributed by atoms with van der Waals surface area (Å²) in [6.45, 7) is 24.7. The molecule has 3 fully saturated rings. The number of esters is 2. The number of phenolic OH excluding ortho intramolecular Hbond substituents is 2. The van der Waals surface area contributed by atoms with E-state index in [0.717, 1.165) is 46.1 Å². The zero-order valence-electron chi connectivity index (χ0n) is 33.8. The van der Waals surface area contributed by atoms with Crippen LogP contribution in [-0.2, 0) is 31.2 Å². The Labute approximate surface area is 322 Å². The Kier molecular flexibility index (Phi) is 11.6. The standard InChI is InChI=1S/C44H64O6S2/c1-40(2,3)31-20-26(21-32(38(31)47)41(4,5)6)49-36(45)16-18-51-35-25-44(24-29(35)28-14-13-15-30(28)44)52-19-17-37(46)50-27-22-33(42(7,8)9)39(48)34(23-27)43(10,11)12/h20-23,28-30,35,47-48H,13-19,24-25H2,1-12H3. The summed E-state index contributed by atoms with van der Waals surface area (Å²) in [4.78, 5) is 26.3. The van der Waals surface area contributed by atoms with Crippen LogP contribution in [0.5, 0.6) is 23.0 Å². The quantitative estimate of drug-likeness (QED) is 0.183. The fourth-order valence-electron chi connectivity index (χ4n) is 9.01. The third kappa shape index (κ3) is 8.80. The molecule has 3 aliphatic carbocycles. The van der Waals surface area contributed by atoms with Crippen LogP contribution >= 0.6 is 23.5 Å². The second-order valence-corrected chi connectivity index (χ2v) is 22.6. The van der Waals surface area contributed by atoms with Gasteiger partial charge in [-0.3, -0.25) is 9.59 Å². The van der Waals surface area contributed by atoms with Crippen LogP contribution in [0.25, 0.3) is 0 Å². The summed E-state index contributed by atoms with van der Waals surface area (Å²) in [5, 5.41) is 22.7. The van der Waals surface area contributed by atoms with E-state index in [4.69, 9.17) is 9.47 Å². The molecule has 0 heterocycles. The van der Waals surface area contributed by atoms with Crippen LogP contribution in [0.1, 0.15) is 150 Å². The Bertz CT molecular complexity index is 1580. The molecule has 6 nitrogen and oxygen atoms in total. The van der Waals surface area contributed by atoms with Gasteiger partial charge in [0.15, 0.2) is 0 Å². The second kappa shape index (κ2) is 14.7. The van der Waals surface area contributed by atoms with E-state index in [-0.39, 0.29) is 49.8 Å². The zero-order chi connectivity index (χ0) is 38.6. The molecule has 5 atom stereocenters. The third-order valence-electron chi connectivity index (χ3n) is 11.6. The first-order valence-electron chi connectivity index (χ1n) is 19.3. The summed E-state index contributed by atoms with van der Waals surface area (Å²) < 4.78 is 12.0. The van der Waals surface area contributed by atoms with E-state index >= 15 is 0 Å². The summed E-state index contributed by atoms with van der Waals surface area (Å²) in [6.07, 6.45) is 6.87. The molecule has 3 aliphatic rings. The first kappa shape index (κ1) is 40.9. The maximum atomic E-state index is 13.2. The predicted molar refractivity (Wildman–Crippen MR) is 217 cm³/mol. The molecule has 2 aromatic rings. The van der Waals surface area contributed by atoms with Gasteiger partial charge in [0.1, 0.15) is 23.0 Å². The molecule has 5 rings (SSSR count). The Balaban J connectivity index is 1.18. The minimum absolute atomic E-state index is 0.195. The molecule has 2 N–H and O–H groups in total. The number of fused-ring (bicyclic) bond motifs is 5. The van der Waals surface area contributed by atoms with Crippen LogP contribution < -0.4 is 9.47 Å². The lowest BCUT2D eigenvalue weighted by Gasteiger charge is -2.38. The molecule has 2 aromatic carbocycles. The number of carbonyl (C=O) groups is 2. The Morgan fingerprint density at radius 2 is 1.08 bits per heavy atom. The van der Waals surface area contributed by atoms with E-state index < -0.39 is 0 Å². The van der Waals surface area contributed by atoms with Crippen molar-refractivity contribution in [3.05, 3.63) is 46.5 Å². The van der Waals surface area contributed by atoms with E-state index in [0.29, 0.717) is 41.4 Å². The van der Waals surface area contributed by atoms with Crippen molar-refractivity contribution in [2.45, 2.75) is 160 Å². The van der Waals surface area contributed by atoms with Gasteiger partial charge in [-0.2, -0.15) is 23.5 Å². The summed E-state index contributed by atoms with van der Waals surface area (Å²) in [6, 6.07) is 7.29. The molecule has 0 aliphatic heterocycles. The van der Waals surface area contributed by atoms with Crippen molar-refractivity contribution in [1.29, 1.82) is 0 Å². The molecule has 0 aromatic heterocycles. The molecule has 2 bridgehead atoms. The fourth-order valence-corrected chi connectivity index (χ4v) is 12.5. The van der Waals surface area contributed by atoms with Crippen molar-refractivity contribution >= 4 is 35.5 Å². The maximum Gasteiger partial charge on any atom is 0.312 e. The van der Waals surface area contributed by atoms with E-state index in [1.165, 1.54) is 25.7 Å². The van der Waals surface area contributed by atoms with Gasteiger partial charge in [0.25, 0.3) is 0 Å². The van der Waals surface area contributed by atoms with Gasteiger partial charge in [-0.05, 0) is 89.4 Å². The first-order valence-corrected chi connectivity index (χ1v) is 21.4. The topological polar surface area (TPSA) is 93.1 Å². The normalized spacial score (nSPS) is 24.6. The molecule has 0 amide bonds. The monoisotopic (exact) mass is 752 g/mol. The lowest BCUT2D eigenvalue weighted by molar-refractivity contribution is -0.134. The smallest absolute Gasteiger partial charge is 0.312 e. The van der Waals surface area contributed by atoms with Gasteiger partial charge in [-0.1, -0.05) is 89.5 Å². The van der Waals surface area contributed by atoms with Crippen LogP contribution in [0.15, 0.2) is 24.3 Å². The fraction of sp³-hybridized carbons (Fsp3) is 0.682. The maximum absolute atomic E-state index is 13.2. The number of rotatable bonds is 10. The van der Waals surface area contributed by atoms with Crippen LogP contribution in [-0.4, -0.2) is 43.7 Å². The summed E-state index contributed by atoms with van der Waals surface area (Å²) >= 11 is 3.93. The number of benzene rings is 2. The van der Waals surface area contributed by atoms with Crippen molar-refractivity contribution in [1.82, 2.24) is 0 Å². The number of carbonyl (C=O) groups excluding carboxylic acids is 2. The largest absolute Gasteiger partial charge is 0.507 e. The zero-order valence-corrected chi connectivity index (χ0v) is 35.5. The Hall–Kier alpha value is -2.32. The number of hydrogen-bond donors (Lipinski definition) is 2. The highest BCUT2D eigenvalue weighted by Gasteiger charge is 2.62. The highest BCUT2D eigenvalue weighted by molar-refractivity contribution is 8.01. The Morgan fingerprint density at radius 1 is 0.654 bits per heavy atom. The van der Waals surface area contributed by atoms with Crippen LogP contribution in [0, 0.1) is 17.8 Å². The molecule has 288 valence electrons. The van der Waals surface area contributed by atoms with Crippen LogP contribution in [0.3, 0.4) is 0 Å². The number of thioether (sulfide) groups is 2. The van der Waals surface area contributed by atoms with Crippen LogP contribution in [0.4, 0.5) is 0 Å². The van der Waals surface area contributed by atoms with E-state index in [9.17, 15) is 19.8 Å². The minimum atomic E-state index is -0.297. The van der Waals surface area contributed by atoms with Gasteiger partial charge < -0.3 is 19.7 Å². The number of aromatic hydroxyl groups is 2. The van der Waals surface area contributed by atoms with Crippen molar-refractivity contribution in [2.24, 2.45) is 17.8 Å². The van der Waals surface area contributed by atoms with E-state index in [1.54, 1.807) is 0 Å². The predicted octanol–water partition coefficient (Wildman–Crippen LogP) is 11.0. The molecule has 52 heavy (non-hydrogen) atoms. The van der Waals surface area contributed by atoms with E-state index in [2.05, 4.69) is 83.1 Å². The Morgan fingerprint density at radius 3 is 1.50 bits per heavy atom. The van der Waals surface area contributed by atoms with Crippen LogP contribution in [0.2, 0.25) is 0 Å². The first-order chi connectivity index (χ1) is 23.9. The van der Waals surface area contributed by atoms with Crippen molar-refractivity contribution < 1.29 is 29.3 Å². The molecule has 8 heteroatoms. The number of ether oxygens (including phenoxy) is 2. The number of phenols is 2. The summed E-state index contributed by atoms with van der Waals surface area (Å²) in [5.41, 5.74) is 1.95. The molecule has 3 saturated carbocycles. The van der Waals surface area contributed by atoms with E-state index in [1.807, 2.05) is 47.8 Å². The molecule has 5 unspecified atom stereocenters. The average Bonchev–Trinajstić information content (AvgIpc) is 3.69. The highest BCUT2D eigenvalue weighted by Crippen LogP contribution is 2.68. The highest BCUT2D eigenvalue weighted by atomic mass is 32.2. The number of hydrogen-bond acceptors (Lipinski definition) is 8. The van der Waals surface area contributed by atoms with Gasteiger partial charge in [0.05, 0.1) is 12.8 Å². The molecular weight excluding hydrogens is 689 g/mol. The molecule has 0 radical (unpaired) electrons. The molecular formula is C44H64O6S2. The van der Waals surface area contributed by atoms with Gasteiger partial charge >= 0.3 is 11.9 Å². The van der Waals surface area contributed by atoms with Gasteiger partial charge in [0, 0.05) is 43.8 Å². The summed E-state index contributed by atoms with van der Waals surface area (Å²) in [5.74, 6) is 4.67. The van der Waals surface area contributed by atoms with Gasteiger partial charge in [-0.25, -0.2) is 0 Å². The molecule has 0 saturated heterocycles. The van der Waals surface area contributed by atoms with Crippen molar-refractivity contribution in [3.63, 3.8) is 0 Å². The SMILES string of the molecule is CC(C)(C)c1cc(OC(=O)CCSC2CC3(SCCC(=O)Oc4cc(C(C)(C)C)c(O)c(C(C)(C)C)c4)CC2C2CCCC23)cc(C(C)(C)C)c1O. The average molecular weight is 753 g/mol. The lowest BCUT2D eigenvalue weighted by atomic mass is 9.79. The van der Waals surface area contributed by atoms with Crippen molar-refractivity contribution in [2.75, 3.05) is 11.5 Å². The second-order valence-electron chi connectivity index (χ2n) is 19.8. The minimum Gasteiger partial charge on any atom is -0.507 e. The third-order valence-corrected chi connectivity index (χ3v) is 14.6. The summed E-state index contributed by atoms with van der Waals surface area (Å²) in [7, 11) is 0. The van der Waals surface area contributed by atoms with Gasteiger partial charge in [0.2, 0.25) is 0 Å².